The predicted molar refractivity (Wildman–Crippen MR) is 87.6 cm³/mol. The zero-order valence-corrected chi connectivity index (χ0v) is 14.7. The maximum absolute atomic E-state index is 12.7. The summed E-state index contributed by atoms with van der Waals surface area (Å²) >= 11 is 0. The average molecular weight is 308 g/mol. The van der Waals surface area contributed by atoms with Crippen LogP contribution in [0.4, 0.5) is 0 Å². The van der Waals surface area contributed by atoms with Gasteiger partial charge in [-0.25, -0.2) is 0 Å². The summed E-state index contributed by atoms with van der Waals surface area (Å²) in [6.45, 7) is 14.4. The Bertz CT molecular complexity index is 413. The van der Waals surface area contributed by atoms with Gasteiger partial charge in [-0.2, -0.15) is 0 Å². The van der Waals surface area contributed by atoms with E-state index in [4.69, 9.17) is 4.74 Å². The van der Waals surface area contributed by atoms with E-state index in [-0.39, 0.29) is 11.3 Å². The topological polar surface area (TPSA) is 32.8 Å². The first kappa shape index (κ1) is 16.3. The van der Waals surface area contributed by atoms with Crippen LogP contribution in [0, 0.1) is 23.2 Å². The van der Waals surface area contributed by atoms with Crippen molar-refractivity contribution in [1.29, 1.82) is 0 Å². The molecule has 2 heterocycles. The molecule has 2 aliphatic heterocycles. The largest absolute Gasteiger partial charge is 0.379 e. The molecule has 22 heavy (non-hydrogen) atoms. The van der Waals surface area contributed by atoms with E-state index in [1.165, 1.54) is 12.8 Å². The summed E-state index contributed by atoms with van der Waals surface area (Å²) in [5.41, 5.74) is 0.180. The summed E-state index contributed by atoms with van der Waals surface area (Å²) in [6, 6.07) is 0.553. The molecule has 3 fully saturated rings. The maximum atomic E-state index is 12.7. The lowest BCUT2D eigenvalue weighted by Crippen LogP contribution is -2.65. The molecule has 0 radical (unpaired) electrons. The van der Waals surface area contributed by atoms with Crippen LogP contribution in [0.25, 0.3) is 0 Å². The molecule has 1 aliphatic carbocycles. The molecule has 1 saturated carbocycles. The molecule has 4 heteroatoms. The molecule has 0 aromatic rings. The highest BCUT2D eigenvalue weighted by Gasteiger charge is 2.49. The van der Waals surface area contributed by atoms with E-state index in [9.17, 15) is 4.79 Å². The zero-order chi connectivity index (χ0) is 15.9. The quantitative estimate of drug-likeness (QED) is 0.798. The number of hydrogen-bond acceptors (Lipinski definition) is 3. The molecule has 0 unspecified atom stereocenters. The number of ether oxygens (including phenoxy) is 1. The molecule has 0 aromatic carbocycles. The molecule has 3 rings (SSSR count). The molecule has 4 nitrogen and oxygen atoms in total. The lowest BCUT2D eigenvalue weighted by molar-refractivity contribution is -0.153. The third-order valence-corrected chi connectivity index (χ3v) is 6.11. The smallest absolute Gasteiger partial charge is 0.225 e. The van der Waals surface area contributed by atoms with Crippen LogP contribution in [0.3, 0.4) is 0 Å². The Morgan fingerprint density at radius 3 is 2.41 bits per heavy atom. The van der Waals surface area contributed by atoms with Gasteiger partial charge >= 0.3 is 0 Å². The molecule has 1 spiro atoms. The van der Waals surface area contributed by atoms with Crippen molar-refractivity contribution in [2.45, 2.75) is 46.6 Å². The van der Waals surface area contributed by atoms with Crippen molar-refractivity contribution in [2.75, 3.05) is 39.4 Å². The highest BCUT2D eigenvalue weighted by atomic mass is 16.5. The third-order valence-electron chi connectivity index (χ3n) is 6.11. The van der Waals surface area contributed by atoms with E-state index in [0.717, 1.165) is 45.3 Å². The fourth-order valence-electron chi connectivity index (χ4n) is 4.12. The second kappa shape index (κ2) is 6.12. The van der Waals surface area contributed by atoms with Gasteiger partial charge in [-0.15, -0.1) is 0 Å². The van der Waals surface area contributed by atoms with Gasteiger partial charge in [0.25, 0.3) is 0 Å². The van der Waals surface area contributed by atoms with Gasteiger partial charge in [0.05, 0.1) is 13.2 Å². The molecule has 0 N–H and O–H groups in total. The molecule has 2 saturated heterocycles. The van der Waals surface area contributed by atoms with Gasteiger partial charge in [0.15, 0.2) is 0 Å². The van der Waals surface area contributed by atoms with E-state index < -0.39 is 0 Å². The summed E-state index contributed by atoms with van der Waals surface area (Å²) in [7, 11) is 0. The molecule has 1 amide bonds. The van der Waals surface area contributed by atoms with E-state index >= 15 is 0 Å². The molecule has 2 atom stereocenters. The van der Waals surface area contributed by atoms with Crippen molar-refractivity contribution in [3.8, 4) is 0 Å². The van der Waals surface area contributed by atoms with Gasteiger partial charge in [0.1, 0.15) is 0 Å². The van der Waals surface area contributed by atoms with E-state index in [1.54, 1.807) is 0 Å². The minimum Gasteiger partial charge on any atom is -0.379 e. The lowest BCUT2D eigenvalue weighted by atomic mass is 9.78. The second-order valence-corrected chi connectivity index (χ2v) is 8.30. The van der Waals surface area contributed by atoms with Gasteiger partial charge < -0.3 is 9.64 Å². The summed E-state index contributed by atoms with van der Waals surface area (Å²) in [4.78, 5) is 17.3. The third kappa shape index (κ3) is 3.18. The first-order chi connectivity index (χ1) is 10.4. The lowest BCUT2D eigenvalue weighted by Gasteiger charge is -2.52. The number of rotatable bonds is 4. The second-order valence-electron chi connectivity index (χ2n) is 8.30. The zero-order valence-electron chi connectivity index (χ0n) is 14.7. The number of amides is 1. The van der Waals surface area contributed by atoms with E-state index in [1.807, 2.05) is 0 Å². The Labute approximate surface area is 135 Å². The number of carbonyl (C=O) groups excluding carboxylic acids is 1. The van der Waals surface area contributed by atoms with Crippen LogP contribution in [0.1, 0.15) is 40.5 Å². The highest BCUT2D eigenvalue weighted by Crippen LogP contribution is 2.42. The predicted octanol–water partition coefficient (Wildman–Crippen LogP) is 2.24. The molecule has 126 valence electrons. The van der Waals surface area contributed by atoms with Crippen LogP contribution in [0.15, 0.2) is 0 Å². The summed E-state index contributed by atoms with van der Waals surface area (Å²) in [5.74, 6) is 1.89. The number of hydrogen-bond donors (Lipinski definition) is 0. The van der Waals surface area contributed by atoms with Crippen LogP contribution in [-0.4, -0.2) is 61.1 Å². The minimum atomic E-state index is 0.178. The van der Waals surface area contributed by atoms with Gasteiger partial charge in [-0.05, 0) is 38.5 Å². The Balaban J connectivity index is 1.56. The Kier molecular flexibility index (Phi) is 4.52. The van der Waals surface area contributed by atoms with Gasteiger partial charge in [0, 0.05) is 43.6 Å². The standard InChI is InChI=1S/C18H32N2O2/c1-13(2)19-7-8-22-12-18(9-19)10-20(11-18)17(21)15(4)14(3)16-5-6-16/h13-16H,5-12H2,1-4H3/t14-,15-/m1/s1. The van der Waals surface area contributed by atoms with Crippen LogP contribution in [-0.2, 0) is 9.53 Å². The average Bonchev–Trinajstić information content (AvgIpc) is 3.28. The first-order valence-corrected chi connectivity index (χ1v) is 9.02. The fraction of sp³-hybridized carbons (Fsp3) is 0.944. The van der Waals surface area contributed by atoms with E-state index in [0.29, 0.717) is 17.9 Å². The van der Waals surface area contributed by atoms with Crippen LogP contribution in [0.2, 0.25) is 0 Å². The van der Waals surface area contributed by atoms with Crippen LogP contribution < -0.4 is 0 Å². The number of nitrogens with zero attached hydrogens (tertiary/aromatic N) is 2. The maximum Gasteiger partial charge on any atom is 0.225 e. The number of likely N-dealkylation sites (tertiary alicyclic amines) is 1. The summed E-state index contributed by atoms with van der Waals surface area (Å²) < 4.78 is 5.84. The minimum absolute atomic E-state index is 0.178. The highest BCUT2D eigenvalue weighted by molar-refractivity contribution is 5.79. The van der Waals surface area contributed by atoms with Gasteiger partial charge in [-0.1, -0.05) is 13.8 Å². The molecular formula is C18H32N2O2. The van der Waals surface area contributed by atoms with Crippen molar-refractivity contribution in [3.05, 3.63) is 0 Å². The van der Waals surface area contributed by atoms with Gasteiger partial charge in [-0.3, -0.25) is 9.69 Å². The monoisotopic (exact) mass is 308 g/mol. The normalized spacial score (nSPS) is 28.3. The van der Waals surface area contributed by atoms with E-state index in [2.05, 4.69) is 37.5 Å². The Morgan fingerprint density at radius 1 is 1.14 bits per heavy atom. The molecular weight excluding hydrogens is 276 g/mol. The van der Waals surface area contributed by atoms with Gasteiger partial charge in [0.2, 0.25) is 5.91 Å². The van der Waals surface area contributed by atoms with Crippen molar-refractivity contribution >= 4 is 5.91 Å². The summed E-state index contributed by atoms with van der Waals surface area (Å²) in [5, 5.41) is 0. The number of carbonyl (C=O) groups is 1. The SMILES string of the molecule is CC(C)N1CCOCC2(CN(C(=O)[C@H](C)[C@@H](C)C3CC3)C2)C1. The van der Waals surface area contributed by atoms with Crippen LogP contribution in [0.5, 0.6) is 0 Å². The Hall–Kier alpha value is -0.610. The fourth-order valence-corrected chi connectivity index (χ4v) is 4.12. The van der Waals surface area contributed by atoms with Crippen LogP contribution >= 0.6 is 0 Å². The van der Waals surface area contributed by atoms with Crippen molar-refractivity contribution in [3.63, 3.8) is 0 Å². The molecule has 0 bridgehead atoms. The Morgan fingerprint density at radius 2 is 1.82 bits per heavy atom. The molecule has 0 aromatic heterocycles. The van der Waals surface area contributed by atoms with Crippen molar-refractivity contribution in [2.24, 2.45) is 23.2 Å². The van der Waals surface area contributed by atoms with Crippen molar-refractivity contribution < 1.29 is 9.53 Å². The summed E-state index contributed by atoms with van der Waals surface area (Å²) in [6.07, 6.45) is 2.64. The molecule has 3 aliphatic rings. The van der Waals surface area contributed by atoms with Crippen molar-refractivity contribution in [1.82, 2.24) is 9.80 Å². The first-order valence-electron chi connectivity index (χ1n) is 9.02.